The number of amides is 1. The van der Waals surface area contributed by atoms with Gasteiger partial charge in [0.25, 0.3) is 0 Å². The van der Waals surface area contributed by atoms with Gasteiger partial charge in [-0.1, -0.05) is 6.07 Å². The first kappa shape index (κ1) is 26.3. The number of hydrogen-bond donors (Lipinski definition) is 4. The highest BCUT2D eigenvalue weighted by atomic mass is 16.5. The number of carbonyl (C=O) groups excluding carboxylic acids is 1. The number of fused-ring (bicyclic) bond motifs is 2. The quantitative estimate of drug-likeness (QED) is 0.366. The van der Waals surface area contributed by atoms with Crippen LogP contribution in [0.1, 0.15) is 68.9 Å². The Kier molecular flexibility index (Phi) is 8.13. The van der Waals surface area contributed by atoms with E-state index in [1.54, 1.807) is 10.8 Å². The first-order valence-electron chi connectivity index (χ1n) is 14.8. The van der Waals surface area contributed by atoms with Crippen molar-refractivity contribution in [1.29, 1.82) is 0 Å². The van der Waals surface area contributed by atoms with Crippen molar-refractivity contribution >= 4 is 17.4 Å². The molecule has 4 N–H and O–H groups in total. The molecule has 39 heavy (non-hydrogen) atoms. The van der Waals surface area contributed by atoms with Crippen molar-refractivity contribution in [3.8, 4) is 11.5 Å². The molecule has 1 aromatic heterocycles. The Morgan fingerprint density at radius 2 is 1.77 bits per heavy atom. The lowest BCUT2D eigenvalue weighted by Gasteiger charge is -2.31. The van der Waals surface area contributed by atoms with Crippen LogP contribution in [-0.4, -0.2) is 72.2 Å². The van der Waals surface area contributed by atoms with Crippen LogP contribution in [0.15, 0.2) is 29.2 Å². The third kappa shape index (κ3) is 6.28. The molecule has 1 aromatic carbocycles. The van der Waals surface area contributed by atoms with E-state index in [1.165, 1.54) is 5.56 Å². The molecule has 2 aromatic rings. The Morgan fingerprint density at radius 1 is 1.00 bits per heavy atom. The third-order valence-electron chi connectivity index (χ3n) is 8.75. The van der Waals surface area contributed by atoms with Gasteiger partial charge in [0.1, 0.15) is 0 Å². The van der Waals surface area contributed by atoms with Gasteiger partial charge in [-0.2, -0.15) is 4.98 Å². The number of anilines is 2. The van der Waals surface area contributed by atoms with Crippen molar-refractivity contribution in [3.05, 3.63) is 40.4 Å². The maximum absolute atomic E-state index is 13.0. The Labute approximate surface area is 229 Å². The fourth-order valence-electron chi connectivity index (χ4n) is 6.46. The van der Waals surface area contributed by atoms with Crippen molar-refractivity contribution in [3.63, 3.8) is 0 Å². The topological polar surface area (TPSA) is 113 Å². The molecule has 0 radical (unpaired) electrons. The van der Waals surface area contributed by atoms with Crippen LogP contribution in [0.2, 0.25) is 0 Å². The lowest BCUT2D eigenvalue weighted by atomic mass is 9.90. The summed E-state index contributed by atoms with van der Waals surface area (Å²) in [5.74, 6) is 2.50. The Balaban J connectivity index is 1.02. The molecule has 1 amide bonds. The van der Waals surface area contributed by atoms with E-state index in [9.17, 15) is 9.59 Å². The number of hydrogen-bond acceptors (Lipinski definition) is 8. The minimum atomic E-state index is -0.261. The molecule has 6 rings (SSSR count). The predicted molar refractivity (Wildman–Crippen MR) is 151 cm³/mol. The second kappa shape index (κ2) is 12.1. The molecule has 4 aliphatic rings. The molecule has 4 heterocycles. The van der Waals surface area contributed by atoms with E-state index in [-0.39, 0.29) is 23.7 Å². The van der Waals surface area contributed by atoms with Crippen LogP contribution in [0.3, 0.4) is 0 Å². The van der Waals surface area contributed by atoms with Gasteiger partial charge >= 0.3 is 5.69 Å². The summed E-state index contributed by atoms with van der Waals surface area (Å²) in [6.07, 6.45) is 8.91. The second-order valence-electron chi connectivity index (χ2n) is 11.4. The van der Waals surface area contributed by atoms with Crippen molar-refractivity contribution < 1.29 is 9.53 Å². The zero-order valence-corrected chi connectivity index (χ0v) is 22.7. The van der Waals surface area contributed by atoms with Gasteiger partial charge in [0.15, 0.2) is 17.3 Å². The van der Waals surface area contributed by atoms with Crippen LogP contribution >= 0.6 is 0 Å². The number of benzene rings is 1. The average molecular weight is 536 g/mol. The SMILES string of the molecule is O=C(CCCN1CCNCC1)NC1CCC(n2cc3c(nc2=O)Nc2cc(C4CCNCC4)ccc2O3)CC1. The third-order valence-corrected chi connectivity index (χ3v) is 8.75. The van der Waals surface area contributed by atoms with Gasteiger partial charge in [-0.05, 0) is 88.2 Å². The zero-order valence-electron chi connectivity index (χ0n) is 22.7. The average Bonchev–Trinajstić information content (AvgIpc) is 2.97. The fourth-order valence-corrected chi connectivity index (χ4v) is 6.46. The molecule has 1 saturated carbocycles. The van der Waals surface area contributed by atoms with Crippen molar-refractivity contribution in [2.75, 3.05) is 51.1 Å². The molecule has 0 spiro atoms. The van der Waals surface area contributed by atoms with Crippen LogP contribution in [-0.2, 0) is 4.79 Å². The Morgan fingerprint density at radius 3 is 2.56 bits per heavy atom. The fraction of sp³-hybridized carbons (Fsp3) is 0.621. The van der Waals surface area contributed by atoms with Gasteiger partial charge in [-0.25, -0.2) is 4.79 Å². The summed E-state index contributed by atoms with van der Waals surface area (Å²) in [5, 5.41) is 13.3. The van der Waals surface area contributed by atoms with E-state index in [4.69, 9.17) is 4.74 Å². The summed E-state index contributed by atoms with van der Waals surface area (Å²) in [6.45, 7) is 7.27. The molecule has 210 valence electrons. The first-order chi connectivity index (χ1) is 19.1. The van der Waals surface area contributed by atoms with Crippen molar-refractivity contribution in [2.45, 2.75) is 69.4 Å². The van der Waals surface area contributed by atoms with E-state index >= 15 is 0 Å². The molecule has 0 atom stereocenters. The van der Waals surface area contributed by atoms with Crippen molar-refractivity contribution in [1.82, 2.24) is 30.4 Å². The smallest absolute Gasteiger partial charge is 0.350 e. The van der Waals surface area contributed by atoms with Crippen LogP contribution < -0.4 is 31.7 Å². The van der Waals surface area contributed by atoms with Gasteiger partial charge < -0.3 is 30.9 Å². The maximum atomic E-state index is 13.0. The molecule has 10 nitrogen and oxygen atoms in total. The Bertz CT molecular complexity index is 1210. The van der Waals surface area contributed by atoms with Crippen LogP contribution in [0.4, 0.5) is 11.5 Å². The van der Waals surface area contributed by atoms with Crippen LogP contribution in [0, 0.1) is 0 Å². The predicted octanol–water partition coefficient (Wildman–Crippen LogP) is 2.84. The number of piperidine rings is 1. The van der Waals surface area contributed by atoms with E-state index in [1.807, 2.05) is 6.07 Å². The summed E-state index contributed by atoms with van der Waals surface area (Å²) in [5.41, 5.74) is 1.90. The molecule has 1 aliphatic carbocycles. The highest BCUT2D eigenvalue weighted by Crippen LogP contribution is 2.42. The standard InChI is InChI=1S/C29H41N7O3/c37-27(2-1-15-35-16-13-31-14-17-35)32-22-4-6-23(7-5-22)36-19-26-28(34-29(36)38)33-24-18-21(3-8-25(24)39-26)20-9-11-30-12-10-20/h3,8,18-20,22-23,30-31H,1-2,4-7,9-17H2,(H,32,37)(H,33,34,38). The summed E-state index contributed by atoms with van der Waals surface area (Å²) in [7, 11) is 0. The molecular weight excluding hydrogens is 494 g/mol. The van der Waals surface area contributed by atoms with Gasteiger partial charge in [0.05, 0.1) is 11.9 Å². The molecule has 0 bridgehead atoms. The molecule has 10 heteroatoms. The summed E-state index contributed by atoms with van der Waals surface area (Å²) in [6, 6.07) is 6.56. The van der Waals surface area contributed by atoms with Gasteiger partial charge in [0.2, 0.25) is 5.91 Å². The van der Waals surface area contributed by atoms with E-state index in [0.29, 0.717) is 23.9 Å². The normalized spacial score (nSPS) is 23.7. The number of carbonyl (C=O) groups is 1. The zero-order chi connectivity index (χ0) is 26.6. The molecular formula is C29H41N7O3. The number of aromatic nitrogens is 2. The number of nitrogens with one attached hydrogen (secondary N) is 4. The Hall–Kier alpha value is -2.95. The number of nitrogens with zero attached hydrogens (tertiary/aromatic N) is 3. The van der Waals surface area contributed by atoms with E-state index in [0.717, 1.165) is 102 Å². The van der Waals surface area contributed by atoms with E-state index < -0.39 is 0 Å². The molecule has 3 aliphatic heterocycles. The second-order valence-corrected chi connectivity index (χ2v) is 11.4. The highest BCUT2D eigenvalue weighted by Gasteiger charge is 2.27. The van der Waals surface area contributed by atoms with Crippen molar-refractivity contribution in [2.24, 2.45) is 0 Å². The van der Waals surface area contributed by atoms with Crippen LogP contribution in [0.25, 0.3) is 0 Å². The molecule has 3 fully saturated rings. The number of ether oxygens (including phenoxy) is 1. The lowest BCUT2D eigenvalue weighted by Crippen LogP contribution is -2.44. The number of piperazine rings is 1. The highest BCUT2D eigenvalue weighted by molar-refractivity contribution is 5.76. The van der Waals surface area contributed by atoms with Gasteiger partial charge in [-0.15, -0.1) is 0 Å². The minimum absolute atomic E-state index is 0.0587. The van der Waals surface area contributed by atoms with Crippen LogP contribution in [0.5, 0.6) is 11.5 Å². The van der Waals surface area contributed by atoms with Gasteiger partial charge in [-0.3, -0.25) is 9.36 Å². The minimum Gasteiger partial charge on any atom is -0.450 e. The number of rotatable bonds is 7. The maximum Gasteiger partial charge on any atom is 0.350 e. The van der Waals surface area contributed by atoms with Gasteiger partial charge in [0, 0.05) is 44.7 Å². The summed E-state index contributed by atoms with van der Waals surface area (Å²) < 4.78 is 7.92. The van der Waals surface area contributed by atoms with E-state index in [2.05, 4.69) is 43.3 Å². The first-order valence-corrected chi connectivity index (χ1v) is 14.8. The monoisotopic (exact) mass is 535 g/mol. The molecule has 2 saturated heterocycles. The molecule has 0 unspecified atom stereocenters. The lowest BCUT2D eigenvalue weighted by molar-refractivity contribution is -0.122. The summed E-state index contributed by atoms with van der Waals surface area (Å²) in [4.78, 5) is 32.3. The largest absolute Gasteiger partial charge is 0.450 e. The summed E-state index contributed by atoms with van der Waals surface area (Å²) >= 11 is 0.